The smallest absolute Gasteiger partial charge is 0.249 e. The number of nitrogens with zero attached hydrogens (tertiary/aromatic N) is 1. The normalized spacial score (nSPS) is 31.1. The van der Waals surface area contributed by atoms with Crippen molar-refractivity contribution in [3.63, 3.8) is 0 Å². The maximum absolute atomic E-state index is 12.7. The van der Waals surface area contributed by atoms with Crippen molar-refractivity contribution in [2.75, 3.05) is 6.54 Å². The summed E-state index contributed by atoms with van der Waals surface area (Å²) in [6, 6.07) is 0.145. The van der Waals surface area contributed by atoms with Gasteiger partial charge >= 0.3 is 0 Å². The lowest BCUT2D eigenvalue weighted by Crippen LogP contribution is -2.67. The molecular weight excluding hydrogens is 240 g/mol. The van der Waals surface area contributed by atoms with Crippen LogP contribution >= 0.6 is 0 Å². The van der Waals surface area contributed by atoms with Crippen LogP contribution in [-0.4, -0.2) is 34.8 Å². The van der Waals surface area contributed by atoms with E-state index in [2.05, 4.69) is 26.1 Å². The second-order valence-corrected chi connectivity index (χ2v) is 6.56. The maximum atomic E-state index is 12.7. The summed E-state index contributed by atoms with van der Waals surface area (Å²) in [5.41, 5.74) is -0.654. The first-order valence-corrected chi connectivity index (χ1v) is 7.50. The van der Waals surface area contributed by atoms with Crippen LogP contribution in [0.4, 0.5) is 0 Å². The number of hydrogen-bond acceptors (Lipinski definition) is 2. The molecule has 4 nitrogen and oxygen atoms in total. The Morgan fingerprint density at radius 1 is 1.37 bits per heavy atom. The van der Waals surface area contributed by atoms with Crippen molar-refractivity contribution in [1.82, 2.24) is 10.2 Å². The van der Waals surface area contributed by atoms with Gasteiger partial charge in [-0.1, -0.05) is 20.3 Å². The van der Waals surface area contributed by atoms with Crippen LogP contribution in [0.25, 0.3) is 0 Å². The molecule has 3 unspecified atom stereocenters. The molecule has 4 heteroatoms. The highest BCUT2D eigenvalue weighted by Crippen LogP contribution is 2.42. The van der Waals surface area contributed by atoms with Gasteiger partial charge in [-0.2, -0.15) is 0 Å². The summed E-state index contributed by atoms with van der Waals surface area (Å²) < 4.78 is 0. The van der Waals surface area contributed by atoms with Gasteiger partial charge in [-0.05, 0) is 44.9 Å². The fourth-order valence-corrected chi connectivity index (χ4v) is 3.08. The Hall–Kier alpha value is -1.06. The van der Waals surface area contributed by atoms with Crippen LogP contribution in [0.3, 0.4) is 0 Å². The molecule has 1 N–H and O–H groups in total. The molecule has 108 valence electrons. The molecule has 2 fully saturated rings. The van der Waals surface area contributed by atoms with E-state index in [1.165, 1.54) is 0 Å². The van der Waals surface area contributed by atoms with Gasteiger partial charge in [0.15, 0.2) is 0 Å². The van der Waals surface area contributed by atoms with Gasteiger partial charge in [0.25, 0.3) is 0 Å². The van der Waals surface area contributed by atoms with Crippen LogP contribution < -0.4 is 5.32 Å². The summed E-state index contributed by atoms with van der Waals surface area (Å²) >= 11 is 0. The first-order chi connectivity index (χ1) is 8.88. The molecule has 0 bridgehead atoms. The van der Waals surface area contributed by atoms with Crippen LogP contribution in [0.1, 0.15) is 53.4 Å². The van der Waals surface area contributed by atoms with E-state index < -0.39 is 5.54 Å². The fraction of sp³-hybridized carbons (Fsp3) is 0.867. The fourth-order valence-electron chi connectivity index (χ4n) is 3.08. The van der Waals surface area contributed by atoms with Crippen molar-refractivity contribution in [3.8, 4) is 0 Å². The molecule has 2 aliphatic rings. The minimum absolute atomic E-state index is 0.00926. The van der Waals surface area contributed by atoms with Crippen LogP contribution in [-0.2, 0) is 9.59 Å². The number of rotatable bonds is 5. The molecule has 19 heavy (non-hydrogen) atoms. The van der Waals surface area contributed by atoms with Crippen LogP contribution in [0.2, 0.25) is 0 Å². The highest BCUT2D eigenvalue weighted by atomic mass is 16.2. The summed E-state index contributed by atoms with van der Waals surface area (Å²) in [6.07, 6.45) is 4.18. The third-order valence-electron chi connectivity index (χ3n) is 4.78. The molecule has 1 saturated heterocycles. The van der Waals surface area contributed by atoms with Gasteiger partial charge in [-0.25, -0.2) is 0 Å². The lowest BCUT2D eigenvalue weighted by Gasteiger charge is -2.43. The van der Waals surface area contributed by atoms with E-state index in [9.17, 15) is 9.59 Å². The minimum Gasteiger partial charge on any atom is -0.340 e. The number of carbonyl (C=O) groups excluding carboxylic acids is 2. The molecule has 3 atom stereocenters. The van der Waals surface area contributed by atoms with Crippen molar-refractivity contribution in [1.29, 1.82) is 0 Å². The van der Waals surface area contributed by atoms with E-state index >= 15 is 0 Å². The Balaban J connectivity index is 2.11. The second kappa shape index (κ2) is 5.14. The van der Waals surface area contributed by atoms with Crippen molar-refractivity contribution in [3.05, 3.63) is 0 Å². The summed E-state index contributed by atoms with van der Waals surface area (Å²) in [7, 11) is 0. The van der Waals surface area contributed by atoms with Crippen LogP contribution in [0.5, 0.6) is 0 Å². The predicted molar refractivity (Wildman–Crippen MR) is 74.5 cm³/mol. The highest BCUT2D eigenvalue weighted by molar-refractivity contribution is 5.98. The van der Waals surface area contributed by atoms with Gasteiger partial charge in [-0.3, -0.25) is 9.59 Å². The van der Waals surface area contributed by atoms with Gasteiger partial charge in [-0.15, -0.1) is 0 Å². The molecule has 1 aliphatic carbocycles. The largest absolute Gasteiger partial charge is 0.340 e. The van der Waals surface area contributed by atoms with E-state index in [0.29, 0.717) is 11.8 Å². The first-order valence-electron chi connectivity index (χ1n) is 7.50. The standard InChI is InChI=1S/C15H26N2O2/c1-5-10(2)8-11(3)17-9-13(18)16-15(4,14(17)19)12-6-7-12/h10-12H,5-9H2,1-4H3,(H,16,18). The number of nitrogens with one attached hydrogen (secondary N) is 1. The van der Waals surface area contributed by atoms with Crippen molar-refractivity contribution in [2.45, 2.75) is 65.0 Å². The van der Waals surface area contributed by atoms with Gasteiger partial charge in [0.1, 0.15) is 5.54 Å². The molecule has 1 heterocycles. The lowest BCUT2D eigenvalue weighted by molar-refractivity contribution is -0.152. The van der Waals surface area contributed by atoms with Crippen molar-refractivity contribution in [2.24, 2.45) is 11.8 Å². The molecule has 2 rings (SSSR count). The molecule has 0 spiro atoms. The van der Waals surface area contributed by atoms with Gasteiger partial charge in [0.05, 0.1) is 6.54 Å². The molecule has 0 radical (unpaired) electrons. The average molecular weight is 266 g/mol. The quantitative estimate of drug-likeness (QED) is 0.826. The van der Waals surface area contributed by atoms with Crippen LogP contribution in [0, 0.1) is 11.8 Å². The lowest BCUT2D eigenvalue weighted by atomic mass is 9.89. The number of piperazine rings is 1. The summed E-state index contributed by atoms with van der Waals surface area (Å²) in [6.45, 7) is 8.54. The molecule has 1 saturated carbocycles. The van der Waals surface area contributed by atoms with Crippen molar-refractivity contribution < 1.29 is 9.59 Å². The zero-order valence-corrected chi connectivity index (χ0v) is 12.5. The molecular formula is C15H26N2O2. The summed E-state index contributed by atoms with van der Waals surface area (Å²) in [4.78, 5) is 26.4. The highest BCUT2D eigenvalue weighted by Gasteiger charge is 2.53. The summed E-state index contributed by atoms with van der Waals surface area (Å²) in [5, 5.41) is 2.93. The van der Waals surface area contributed by atoms with E-state index in [4.69, 9.17) is 0 Å². The third kappa shape index (κ3) is 2.77. The van der Waals surface area contributed by atoms with Gasteiger partial charge < -0.3 is 10.2 Å². The SMILES string of the molecule is CCC(C)CC(C)N1CC(=O)NC(C)(C2CC2)C1=O. The molecule has 0 aromatic rings. The monoisotopic (exact) mass is 266 g/mol. The Morgan fingerprint density at radius 2 is 2.00 bits per heavy atom. The predicted octanol–water partition coefficient (Wildman–Crippen LogP) is 1.94. The Kier molecular flexibility index (Phi) is 3.88. The van der Waals surface area contributed by atoms with Gasteiger partial charge in [0.2, 0.25) is 11.8 Å². The molecule has 2 amide bonds. The zero-order chi connectivity index (χ0) is 14.2. The van der Waals surface area contributed by atoms with Gasteiger partial charge in [0, 0.05) is 6.04 Å². The second-order valence-electron chi connectivity index (χ2n) is 6.56. The maximum Gasteiger partial charge on any atom is 0.249 e. The molecule has 0 aromatic carbocycles. The van der Waals surface area contributed by atoms with Crippen LogP contribution in [0.15, 0.2) is 0 Å². The van der Waals surface area contributed by atoms with E-state index in [0.717, 1.165) is 25.7 Å². The number of hydrogen-bond donors (Lipinski definition) is 1. The van der Waals surface area contributed by atoms with E-state index in [1.54, 1.807) is 4.90 Å². The first kappa shape index (κ1) is 14.4. The zero-order valence-electron chi connectivity index (χ0n) is 12.5. The molecule has 1 aliphatic heterocycles. The van der Waals surface area contributed by atoms with E-state index in [-0.39, 0.29) is 24.4 Å². The Labute approximate surface area is 115 Å². The Morgan fingerprint density at radius 3 is 2.53 bits per heavy atom. The minimum atomic E-state index is -0.654. The summed E-state index contributed by atoms with van der Waals surface area (Å²) in [5.74, 6) is 1.03. The Bertz CT molecular complexity index is 378. The van der Waals surface area contributed by atoms with E-state index in [1.807, 2.05) is 6.92 Å². The third-order valence-corrected chi connectivity index (χ3v) is 4.78. The molecule has 0 aromatic heterocycles. The number of carbonyl (C=O) groups is 2. The average Bonchev–Trinajstić information content (AvgIpc) is 3.17. The topological polar surface area (TPSA) is 49.4 Å². The van der Waals surface area contributed by atoms with Crippen molar-refractivity contribution >= 4 is 11.8 Å². The number of amides is 2.